The lowest BCUT2D eigenvalue weighted by Gasteiger charge is -2.20. The van der Waals surface area contributed by atoms with E-state index in [4.69, 9.17) is 9.26 Å². The minimum Gasteiger partial charge on any atom is -0.377 e. The second kappa shape index (κ2) is 7.50. The lowest BCUT2D eigenvalue weighted by Crippen LogP contribution is -2.44. The largest absolute Gasteiger partial charge is 0.377 e. The predicted octanol–water partition coefficient (Wildman–Crippen LogP) is 0.829. The van der Waals surface area contributed by atoms with Crippen LogP contribution in [0.5, 0.6) is 0 Å². The number of pyridine rings is 1. The third-order valence-electron chi connectivity index (χ3n) is 4.69. The highest BCUT2D eigenvalue weighted by Crippen LogP contribution is 2.24. The standard InChI is InChI=1S/C18H19N5O5S/c1-11-18(12(2)28-21-11)29(25,26)22-15-9-27-10-16(15)23-17(24)6-5-14(20-23)13-4-3-7-19-8-13/h3-8,15-16,22H,9-10H2,1-2H3. The number of sulfonamides is 1. The number of nitrogens with one attached hydrogen (secondary N) is 1. The van der Waals surface area contributed by atoms with E-state index in [1.54, 1.807) is 31.5 Å². The summed E-state index contributed by atoms with van der Waals surface area (Å²) in [6, 6.07) is 5.32. The highest BCUT2D eigenvalue weighted by molar-refractivity contribution is 7.89. The number of hydrogen-bond donors (Lipinski definition) is 1. The molecule has 0 aliphatic carbocycles. The number of nitrogens with zero attached hydrogens (tertiary/aromatic N) is 4. The molecule has 0 aromatic carbocycles. The molecule has 29 heavy (non-hydrogen) atoms. The fourth-order valence-electron chi connectivity index (χ4n) is 3.34. The Balaban J connectivity index is 1.66. The third kappa shape index (κ3) is 3.71. The van der Waals surface area contributed by atoms with Crippen molar-refractivity contribution in [1.29, 1.82) is 0 Å². The Morgan fingerprint density at radius 2 is 2.03 bits per heavy atom. The summed E-state index contributed by atoms with van der Waals surface area (Å²) >= 11 is 0. The molecular weight excluding hydrogens is 398 g/mol. The van der Waals surface area contributed by atoms with Crippen molar-refractivity contribution in [3.8, 4) is 11.3 Å². The zero-order valence-corrected chi connectivity index (χ0v) is 16.6. The lowest BCUT2D eigenvalue weighted by molar-refractivity contribution is 0.182. The predicted molar refractivity (Wildman–Crippen MR) is 102 cm³/mol. The first-order valence-corrected chi connectivity index (χ1v) is 10.4. The maximum Gasteiger partial charge on any atom is 0.267 e. The first-order valence-electron chi connectivity index (χ1n) is 8.90. The van der Waals surface area contributed by atoms with E-state index in [1.807, 2.05) is 6.07 Å². The Morgan fingerprint density at radius 1 is 1.21 bits per heavy atom. The van der Waals surface area contributed by atoms with Crippen LogP contribution in [-0.2, 0) is 14.8 Å². The number of aryl methyl sites for hydroxylation is 2. The van der Waals surface area contributed by atoms with Crippen LogP contribution in [-0.4, -0.2) is 47.6 Å². The molecule has 4 heterocycles. The molecule has 0 spiro atoms. The SMILES string of the molecule is Cc1noc(C)c1S(=O)(=O)NC1COCC1n1nc(-c2cccnc2)ccc1=O. The summed E-state index contributed by atoms with van der Waals surface area (Å²) in [5.41, 5.74) is 1.21. The smallest absolute Gasteiger partial charge is 0.267 e. The van der Waals surface area contributed by atoms with Crippen LogP contribution < -0.4 is 10.3 Å². The number of ether oxygens (including phenoxy) is 1. The molecule has 0 bridgehead atoms. The molecule has 152 valence electrons. The molecule has 1 fully saturated rings. The van der Waals surface area contributed by atoms with Gasteiger partial charge < -0.3 is 9.26 Å². The summed E-state index contributed by atoms with van der Waals surface area (Å²) in [6.07, 6.45) is 3.28. The van der Waals surface area contributed by atoms with Gasteiger partial charge in [-0.15, -0.1) is 0 Å². The first kappa shape index (κ1) is 19.4. The van der Waals surface area contributed by atoms with Crippen molar-refractivity contribution >= 4 is 10.0 Å². The topological polar surface area (TPSA) is 129 Å². The summed E-state index contributed by atoms with van der Waals surface area (Å²) in [5.74, 6) is 0.194. The van der Waals surface area contributed by atoms with E-state index in [9.17, 15) is 13.2 Å². The summed E-state index contributed by atoms with van der Waals surface area (Å²) in [4.78, 5) is 16.5. The molecule has 1 aliphatic heterocycles. The van der Waals surface area contributed by atoms with Crippen molar-refractivity contribution in [2.24, 2.45) is 0 Å². The van der Waals surface area contributed by atoms with Crippen LogP contribution in [0.1, 0.15) is 17.5 Å². The first-order chi connectivity index (χ1) is 13.9. The van der Waals surface area contributed by atoms with Crippen LogP contribution in [0, 0.1) is 13.8 Å². The minimum absolute atomic E-state index is 0.00688. The molecule has 10 nitrogen and oxygen atoms in total. The van der Waals surface area contributed by atoms with E-state index in [1.165, 1.54) is 17.7 Å². The van der Waals surface area contributed by atoms with E-state index >= 15 is 0 Å². The van der Waals surface area contributed by atoms with Gasteiger partial charge in [-0.3, -0.25) is 9.78 Å². The van der Waals surface area contributed by atoms with E-state index in [0.717, 1.165) is 5.56 Å². The summed E-state index contributed by atoms with van der Waals surface area (Å²) in [7, 11) is -3.92. The maximum absolute atomic E-state index is 12.9. The summed E-state index contributed by atoms with van der Waals surface area (Å²) in [6.45, 7) is 3.34. The van der Waals surface area contributed by atoms with Crippen LogP contribution in [0.3, 0.4) is 0 Å². The Bertz CT molecular complexity index is 1170. The van der Waals surface area contributed by atoms with Crippen molar-refractivity contribution in [2.45, 2.75) is 30.8 Å². The van der Waals surface area contributed by atoms with Crippen LogP contribution in [0.15, 0.2) is 50.9 Å². The molecule has 3 aromatic heterocycles. The van der Waals surface area contributed by atoms with E-state index in [2.05, 4.69) is 20.0 Å². The van der Waals surface area contributed by atoms with Crippen LogP contribution in [0.4, 0.5) is 0 Å². The quantitative estimate of drug-likeness (QED) is 0.646. The van der Waals surface area contributed by atoms with Gasteiger partial charge in [-0.05, 0) is 32.0 Å². The molecule has 2 unspecified atom stereocenters. The molecule has 3 aromatic rings. The number of hydrogen-bond acceptors (Lipinski definition) is 8. The lowest BCUT2D eigenvalue weighted by atomic mass is 10.2. The third-order valence-corrected chi connectivity index (χ3v) is 6.42. The van der Waals surface area contributed by atoms with Crippen LogP contribution in [0.2, 0.25) is 0 Å². The highest BCUT2D eigenvalue weighted by Gasteiger charge is 2.36. The zero-order chi connectivity index (χ0) is 20.6. The van der Waals surface area contributed by atoms with Gasteiger partial charge in [0, 0.05) is 24.0 Å². The molecule has 1 aliphatic rings. The van der Waals surface area contributed by atoms with Crippen molar-refractivity contribution < 1.29 is 17.7 Å². The monoisotopic (exact) mass is 417 g/mol. The van der Waals surface area contributed by atoms with E-state index in [0.29, 0.717) is 5.69 Å². The molecule has 11 heteroatoms. The second-order valence-electron chi connectivity index (χ2n) is 6.73. The van der Waals surface area contributed by atoms with Gasteiger partial charge in [0.05, 0.1) is 31.0 Å². The molecule has 1 saturated heterocycles. The Morgan fingerprint density at radius 3 is 2.72 bits per heavy atom. The Kier molecular flexibility index (Phi) is 5.03. The van der Waals surface area contributed by atoms with Crippen LogP contribution >= 0.6 is 0 Å². The fourth-order valence-corrected chi connectivity index (χ4v) is 4.93. The minimum atomic E-state index is -3.92. The van der Waals surface area contributed by atoms with Crippen molar-refractivity contribution in [3.05, 3.63) is 58.5 Å². The maximum atomic E-state index is 12.9. The zero-order valence-electron chi connectivity index (χ0n) is 15.8. The normalized spacial score (nSPS) is 19.5. The van der Waals surface area contributed by atoms with Gasteiger partial charge in [0.1, 0.15) is 10.6 Å². The molecule has 2 atom stereocenters. The molecular formula is C18H19N5O5S. The van der Waals surface area contributed by atoms with Crippen molar-refractivity contribution in [1.82, 2.24) is 24.6 Å². The molecule has 0 amide bonds. The average molecular weight is 417 g/mol. The molecule has 1 N–H and O–H groups in total. The van der Waals surface area contributed by atoms with Crippen LogP contribution in [0.25, 0.3) is 11.3 Å². The van der Waals surface area contributed by atoms with Crippen molar-refractivity contribution in [3.63, 3.8) is 0 Å². The Labute approximate surface area is 166 Å². The summed E-state index contributed by atoms with van der Waals surface area (Å²) < 4.78 is 40.0. The number of rotatable bonds is 5. The fraction of sp³-hybridized carbons (Fsp3) is 0.333. The average Bonchev–Trinajstić information content (AvgIpc) is 3.28. The highest BCUT2D eigenvalue weighted by atomic mass is 32.2. The molecule has 4 rings (SSSR count). The molecule has 0 radical (unpaired) electrons. The Hall–Kier alpha value is -2.89. The summed E-state index contributed by atoms with van der Waals surface area (Å²) in [5, 5.41) is 8.12. The van der Waals surface area contributed by atoms with Gasteiger partial charge in [0.15, 0.2) is 5.76 Å². The van der Waals surface area contributed by atoms with Gasteiger partial charge in [-0.2, -0.15) is 5.10 Å². The van der Waals surface area contributed by atoms with Gasteiger partial charge in [0.25, 0.3) is 5.56 Å². The van der Waals surface area contributed by atoms with E-state index in [-0.39, 0.29) is 35.1 Å². The van der Waals surface area contributed by atoms with Gasteiger partial charge >= 0.3 is 0 Å². The second-order valence-corrected chi connectivity index (χ2v) is 8.38. The van der Waals surface area contributed by atoms with E-state index < -0.39 is 22.1 Å². The molecule has 0 saturated carbocycles. The number of aromatic nitrogens is 4. The van der Waals surface area contributed by atoms with Crippen molar-refractivity contribution in [2.75, 3.05) is 13.2 Å². The van der Waals surface area contributed by atoms with Gasteiger partial charge in [0.2, 0.25) is 10.0 Å². The van der Waals surface area contributed by atoms with Gasteiger partial charge in [-0.25, -0.2) is 17.8 Å². The van der Waals surface area contributed by atoms with Gasteiger partial charge in [-0.1, -0.05) is 5.16 Å².